The van der Waals surface area contributed by atoms with Crippen molar-refractivity contribution in [2.24, 2.45) is 0 Å². The van der Waals surface area contributed by atoms with E-state index in [0.717, 1.165) is 12.3 Å². The monoisotopic (exact) mass is 285 g/mol. The molecule has 0 atom stereocenters. The van der Waals surface area contributed by atoms with Crippen LogP contribution in [0.4, 0.5) is 5.69 Å². The number of aromatic nitrogens is 1. The molecule has 1 heterocycles. The first-order valence-corrected chi connectivity index (χ1v) is 5.70. The normalized spacial score (nSPS) is 10.0. The number of aliphatic hydroxyl groups excluding tert-OH is 1. The van der Waals surface area contributed by atoms with Crippen molar-refractivity contribution in [3.05, 3.63) is 45.7 Å². The van der Waals surface area contributed by atoms with Gasteiger partial charge in [0.25, 0.3) is 11.6 Å². The lowest BCUT2D eigenvalue weighted by Gasteiger charge is -2.20. The average molecular weight is 286 g/mol. The van der Waals surface area contributed by atoms with Crippen LogP contribution >= 0.6 is 11.6 Å². The number of carbonyl (C=O) groups is 1. The topological polar surface area (TPSA) is 96.6 Å². The Morgan fingerprint density at radius 3 is 2.89 bits per heavy atom. The minimum atomic E-state index is -0.663. The highest BCUT2D eigenvalue weighted by Crippen LogP contribution is 2.20. The van der Waals surface area contributed by atoms with Crippen LogP contribution in [0.1, 0.15) is 10.4 Å². The van der Waals surface area contributed by atoms with Crippen LogP contribution in [0.15, 0.2) is 24.9 Å². The van der Waals surface area contributed by atoms with E-state index in [1.807, 2.05) is 0 Å². The number of rotatable bonds is 6. The molecule has 1 rings (SSSR count). The molecule has 0 aliphatic carbocycles. The van der Waals surface area contributed by atoms with Crippen LogP contribution in [0.3, 0.4) is 0 Å². The molecular weight excluding hydrogens is 274 g/mol. The van der Waals surface area contributed by atoms with Gasteiger partial charge in [0, 0.05) is 19.2 Å². The number of pyridine rings is 1. The maximum atomic E-state index is 12.1. The van der Waals surface area contributed by atoms with Gasteiger partial charge in [-0.2, -0.15) is 0 Å². The first-order valence-electron chi connectivity index (χ1n) is 5.32. The van der Waals surface area contributed by atoms with E-state index in [2.05, 4.69) is 11.6 Å². The molecule has 0 saturated carbocycles. The zero-order valence-electron chi connectivity index (χ0n) is 9.95. The van der Waals surface area contributed by atoms with Gasteiger partial charge in [0.1, 0.15) is 11.3 Å². The summed E-state index contributed by atoms with van der Waals surface area (Å²) in [5.41, 5.74) is -0.401. The molecule has 0 bridgehead atoms. The Morgan fingerprint density at radius 2 is 2.37 bits per heavy atom. The third-order valence-corrected chi connectivity index (χ3v) is 2.57. The van der Waals surface area contributed by atoms with Crippen LogP contribution in [0, 0.1) is 10.1 Å². The minimum Gasteiger partial charge on any atom is -0.395 e. The summed E-state index contributed by atoms with van der Waals surface area (Å²) in [5.74, 6) is -0.546. The molecule has 1 aromatic rings. The number of hydrogen-bond acceptors (Lipinski definition) is 5. The molecule has 7 nitrogen and oxygen atoms in total. The van der Waals surface area contributed by atoms with E-state index in [-0.39, 0.29) is 36.1 Å². The Kier molecular flexibility index (Phi) is 5.40. The summed E-state index contributed by atoms with van der Waals surface area (Å²) in [6.45, 7) is 3.52. The van der Waals surface area contributed by atoms with Crippen LogP contribution in [0.5, 0.6) is 0 Å². The zero-order valence-corrected chi connectivity index (χ0v) is 10.7. The Bertz CT molecular complexity index is 507. The standard InChI is InChI=1S/C11H12ClN3O4/c1-2-3-14(4-5-16)11(17)9-6-8(15(18)19)7-13-10(9)12/h2,6-7,16H,1,3-5H2. The Morgan fingerprint density at radius 1 is 1.68 bits per heavy atom. The van der Waals surface area contributed by atoms with Crippen LogP contribution in [-0.2, 0) is 0 Å². The highest BCUT2D eigenvalue weighted by Gasteiger charge is 2.21. The summed E-state index contributed by atoms with van der Waals surface area (Å²) >= 11 is 5.77. The van der Waals surface area contributed by atoms with Gasteiger partial charge in [-0.05, 0) is 0 Å². The predicted octanol–water partition coefficient (Wildman–Crippen LogP) is 1.26. The number of halogens is 1. The van der Waals surface area contributed by atoms with E-state index < -0.39 is 10.8 Å². The SMILES string of the molecule is C=CCN(CCO)C(=O)c1cc([N+](=O)[O-])cnc1Cl. The van der Waals surface area contributed by atoms with Crippen LogP contribution < -0.4 is 0 Å². The van der Waals surface area contributed by atoms with Crippen molar-refractivity contribution in [3.8, 4) is 0 Å². The fourth-order valence-corrected chi connectivity index (χ4v) is 1.59. The fourth-order valence-electron chi connectivity index (χ4n) is 1.41. The number of nitrogens with zero attached hydrogens (tertiary/aromatic N) is 3. The van der Waals surface area contributed by atoms with Gasteiger partial charge in [-0.25, -0.2) is 4.98 Å². The van der Waals surface area contributed by atoms with E-state index >= 15 is 0 Å². The molecule has 0 spiro atoms. The lowest BCUT2D eigenvalue weighted by molar-refractivity contribution is -0.385. The van der Waals surface area contributed by atoms with Crippen LogP contribution in [-0.4, -0.2) is 45.5 Å². The largest absolute Gasteiger partial charge is 0.395 e. The molecule has 0 unspecified atom stereocenters. The van der Waals surface area contributed by atoms with Gasteiger partial charge in [-0.1, -0.05) is 17.7 Å². The number of amides is 1. The van der Waals surface area contributed by atoms with Crippen molar-refractivity contribution in [3.63, 3.8) is 0 Å². The lowest BCUT2D eigenvalue weighted by Crippen LogP contribution is -2.34. The van der Waals surface area contributed by atoms with Gasteiger partial charge in [-0.3, -0.25) is 14.9 Å². The summed E-state index contributed by atoms with van der Waals surface area (Å²) in [4.78, 5) is 27.0. The van der Waals surface area contributed by atoms with Crippen LogP contribution in [0.2, 0.25) is 5.15 Å². The Balaban J connectivity index is 3.12. The Hall–Kier alpha value is -1.99. The molecule has 19 heavy (non-hydrogen) atoms. The molecule has 0 saturated heterocycles. The van der Waals surface area contributed by atoms with Crippen molar-refractivity contribution in [2.45, 2.75) is 0 Å². The second kappa shape index (κ2) is 6.81. The average Bonchev–Trinajstić information content (AvgIpc) is 2.38. The first-order chi connectivity index (χ1) is 9.01. The van der Waals surface area contributed by atoms with Crippen molar-refractivity contribution < 1.29 is 14.8 Å². The van der Waals surface area contributed by atoms with E-state index in [4.69, 9.17) is 16.7 Å². The van der Waals surface area contributed by atoms with Gasteiger partial charge in [0.15, 0.2) is 0 Å². The maximum absolute atomic E-state index is 12.1. The highest BCUT2D eigenvalue weighted by atomic mass is 35.5. The van der Waals surface area contributed by atoms with E-state index in [9.17, 15) is 14.9 Å². The van der Waals surface area contributed by atoms with Gasteiger partial charge < -0.3 is 10.0 Å². The molecule has 1 amide bonds. The highest BCUT2D eigenvalue weighted by molar-refractivity contribution is 6.32. The lowest BCUT2D eigenvalue weighted by atomic mass is 10.2. The molecule has 102 valence electrons. The molecule has 0 fully saturated rings. The van der Waals surface area contributed by atoms with Gasteiger partial charge in [0.05, 0.1) is 17.1 Å². The zero-order chi connectivity index (χ0) is 14.4. The molecule has 0 aliphatic heterocycles. The summed E-state index contributed by atoms with van der Waals surface area (Å²) in [6, 6.07) is 1.06. The quantitative estimate of drug-likeness (QED) is 0.367. The van der Waals surface area contributed by atoms with Crippen molar-refractivity contribution in [1.29, 1.82) is 0 Å². The number of aliphatic hydroxyl groups is 1. The Labute approximate surface area is 114 Å². The van der Waals surface area contributed by atoms with Gasteiger partial charge >= 0.3 is 0 Å². The minimum absolute atomic E-state index is 0.0733. The maximum Gasteiger partial charge on any atom is 0.288 e. The third kappa shape index (κ3) is 3.73. The third-order valence-electron chi connectivity index (χ3n) is 2.27. The summed E-state index contributed by atoms with van der Waals surface area (Å²) in [7, 11) is 0. The van der Waals surface area contributed by atoms with Crippen molar-refractivity contribution >= 4 is 23.2 Å². The van der Waals surface area contributed by atoms with E-state index in [1.54, 1.807) is 0 Å². The molecule has 8 heteroatoms. The smallest absolute Gasteiger partial charge is 0.288 e. The predicted molar refractivity (Wildman–Crippen MR) is 69.1 cm³/mol. The fraction of sp³-hybridized carbons (Fsp3) is 0.273. The molecule has 1 N–H and O–H groups in total. The summed E-state index contributed by atoms with van der Waals surface area (Å²) in [5, 5.41) is 19.4. The number of nitro groups is 1. The molecule has 0 aliphatic rings. The van der Waals surface area contributed by atoms with Crippen molar-refractivity contribution in [2.75, 3.05) is 19.7 Å². The number of carbonyl (C=O) groups excluding carboxylic acids is 1. The van der Waals surface area contributed by atoms with Crippen LogP contribution in [0.25, 0.3) is 0 Å². The van der Waals surface area contributed by atoms with E-state index in [1.165, 1.54) is 11.0 Å². The molecule has 0 radical (unpaired) electrons. The van der Waals surface area contributed by atoms with Gasteiger partial charge in [0.2, 0.25) is 0 Å². The van der Waals surface area contributed by atoms with Gasteiger partial charge in [-0.15, -0.1) is 6.58 Å². The summed E-state index contributed by atoms with van der Waals surface area (Å²) < 4.78 is 0. The molecular formula is C11H12ClN3O4. The van der Waals surface area contributed by atoms with E-state index in [0.29, 0.717) is 0 Å². The molecule has 1 aromatic heterocycles. The first kappa shape index (κ1) is 15.1. The van der Waals surface area contributed by atoms with Crippen molar-refractivity contribution in [1.82, 2.24) is 9.88 Å². The second-order valence-electron chi connectivity index (χ2n) is 3.55. The second-order valence-corrected chi connectivity index (χ2v) is 3.91. The molecule has 0 aromatic carbocycles. The number of hydrogen-bond donors (Lipinski definition) is 1. The summed E-state index contributed by atoms with van der Waals surface area (Å²) in [6.07, 6.45) is 2.45.